The number of thiophene rings is 1. The van der Waals surface area contributed by atoms with Gasteiger partial charge in [-0.1, -0.05) is 12.1 Å². The van der Waals surface area contributed by atoms with Gasteiger partial charge in [0.05, 0.1) is 11.3 Å². The summed E-state index contributed by atoms with van der Waals surface area (Å²) in [7, 11) is 0. The van der Waals surface area contributed by atoms with E-state index in [1.807, 2.05) is 29.6 Å². The molecule has 1 fully saturated rings. The van der Waals surface area contributed by atoms with Crippen LogP contribution < -0.4 is 16.4 Å². The fraction of sp³-hybridized carbons (Fsp3) is 0.381. The van der Waals surface area contributed by atoms with Gasteiger partial charge in [-0.05, 0) is 54.9 Å². The van der Waals surface area contributed by atoms with Crippen molar-refractivity contribution in [1.29, 1.82) is 0 Å². The van der Waals surface area contributed by atoms with Crippen molar-refractivity contribution in [3.63, 3.8) is 0 Å². The summed E-state index contributed by atoms with van der Waals surface area (Å²) in [4.78, 5) is 40.8. The Labute approximate surface area is 173 Å². The Morgan fingerprint density at radius 1 is 1.31 bits per heavy atom. The van der Waals surface area contributed by atoms with Gasteiger partial charge in [-0.2, -0.15) is 0 Å². The Kier molecular flexibility index (Phi) is 5.64. The number of carbonyl (C=O) groups excluding carboxylic acids is 3. The summed E-state index contributed by atoms with van der Waals surface area (Å²) >= 11 is 1.61. The second-order valence-corrected chi connectivity index (χ2v) is 8.37. The number of rotatable bonds is 5. The first kappa shape index (κ1) is 19.6. The molecule has 0 spiro atoms. The molecule has 1 saturated heterocycles. The Balaban J connectivity index is 1.54. The third kappa shape index (κ3) is 4.04. The molecule has 2 aliphatic rings. The third-order valence-electron chi connectivity index (χ3n) is 5.45. The normalized spacial score (nSPS) is 21.1. The first-order chi connectivity index (χ1) is 14.1. The average molecular weight is 413 g/mol. The van der Waals surface area contributed by atoms with Gasteiger partial charge in [-0.3, -0.25) is 14.4 Å². The van der Waals surface area contributed by atoms with Gasteiger partial charge in [0.1, 0.15) is 6.04 Å². The molecular formula is C21H24N4O3S. The lowest BCUT2D eigenvalue weighted by Gasteiger charge is -2.37. The second kappa shape index (κ2) is 8.34. The van der Waals surface area contributed by atoms with Crippen LogP contribution in [-0.4, -0.2) is 47.8 Å². The standard InChI is InChI=1S/C21H24N4O3S/c22-8-1-4-19(26)23-14-7-9-25-17(12-14)20(27)24-16-6-5-13(11-15(16)21(25)28)18-3-2-10-29-18/h2-3,5-6,10-11,14,17H,1,4,7-9,12,22H2,(H,23,26)(H,24,27). The summed E-state index contributed by atoms with van der Waals surface area (Å²) in [6.45, 7) is 0.901. The highest BCUT2D eigenvalue weighted by Gasteiger charge is 2.40. The fourth-order valence-corrected chi connectivity index (χ4v) is 4.67. The highest BCUT2D eigenvalue weighted by Crippen LogP contribution is 2.33. The van der Waals surface area contributed by atoms with E-state index in [1.165, 1.54) is 0 Å². The number of benzene rings is 1. The minimum Gasteiger partial charge on any atom is -0.353 e. The van der Waals surface area contributed by atoms with E-state index in [9.17, 15) is 14.4 Å². The number of nitrogens with one attached hydrogen (secondary N) is 2. The van der Waals surface area contributed by atoms with Crippen LogP contribution in [0.15, 0.2) is 35.7 Å². The van der Waals surface area contributed by atoms with Crippen LogP contribution in [0.5, 0.6) is 0 Å². The Bertz CT molecular complexity index is 928. The Morgan fingerprint density at radius 2 is 2.17 bits per heavy atom. The minimum atomic E-state index is -0.589. The fourth-order valence-electron chi connectivity index (χ4n) is 3.95. The molecule has 3 amide bonds. The number of carbonyl (C=O) groups is 3. The lowest BCUT2D eigenvalue weighted by Crippen LogP contribution is -2.55. The summed E-state index contributed by atoms with van der Waals surface area (Å²) in [5, 5.41) is 7.88. The number of anilines is 1. The van der Waals surface area contributed by atoms with E-state index >= 15 is 0 Å². The van der Waals surface area contributed by atoms with Crippen LogP contribution in [0, 0.1) is 0 Å². The predicted molar refractivity (Wildman–Crippen MR) is 113 cm³/mol. The highest BCUT2D eigenvalue weighted by molar-refractivity contribution is 7.13. The average Bonchev–Trinajstić information content (AvgIpc) is 3.24. The van der Waals surface area contributed by atoms with Crippen molar-refractivity contribution in [2.24, 2.45) is 5.73 Å². The number of fused-ring (bicyclic) bond motifs is 2. The van der Waals surface area contributed by atoms with Gasteiger partial charge >= 0.3 is 0 Å². The number of hydrogen-bond acceptors (Lipinski definition) is 5. The van der Waals surface area contributed by atoms with E-state index in [2.05, 4.69) is 10.6 Å². The molecule has 0 radical (unpaired) electrons. The van der Waals surface area contributed by atoms with Crippen LogP contribution in [-0.2, 0) is 9.59 Å². The summed E-state index contributed by atoms with van der Waals surface area (Å²) < 4.78 is 0. The first-order valence-electron chi connectivity index (χ1n) is 9.86. The number of nitrogens with two attached hydrogens (primary N) is 1. The summed E-state index contributed by atoms with van der Waals surface area (Å²) in [5.41, 5.74) is 7.47. The molecule has 1 aromatic carbocycles. The molecule has 4 N–H and O–H groups in total. The third-order valence-corrected chi connectivity index (χ3v) is 6.37. The molecule has 0 saturated carbocycles. The molecule has 1 aromatic heterocycles. The predicted octanol–water partition coefficient (Wildman–Crippen LogP) is 2.20. The monoisotopic (exact) mass is 412 g/mol. The maximum Gasteiger partial charge on any atom is 0.256 e. The van der Waals surface area contributed by atoms with E-state index in [1.54, 1.807) is 22.3 Å². The SMILES string of the molecule is NCCCC(=O)NC1CCN2C(=O)c3cc(-c4cccs4)ccc3NC(=O)C2C1. The molecular weight excluding hydrogens is 388 g/mol. The van der Waals surface area contributed by atoms with Crippen molar-refractivity contribution in [3.8, 4) is 10.4 Å². The van der Waals surface area contributed by atoms with E-state index in [4.69, 9.17) is 5.73 Å². The zero-order chi connectivity index (χ0) is 20.4. The quantitative estimate of drug-likeness (QED) is 0.700. The van der Waals surface area contributed by atoms with Crippen LogP contribution in [0.1, 0.15) is 36.0 Å². The number of hydrogen-bond donors (Lipinski definition) is 3. The van der Waals surface area contributed by atoms with Gasteiger partial charge in [0.25, 0.3) is 5.91 Å². The van der Waals surface area contributed by atoms with Crippen molar-refractivity contribution >= 4 is 34.7 Å². The maximum absolute atomic E-state index is 13.2. The van der Waals surface area contributed by atoms with E-state index in [0.29, 0.717) is 50.0 Å². The molecule has 2 aliphatic heterocycles. The highest BCUT2D eigenvalue weighted by atomic mass is 32.1. The molecule has 4 rings (SSSR count). The zero-order valence-electron chi connectivity index (χ0n) is 16.0. The molecule has 3 heterocycles. The van der Waals surface area contributed by atoms with Gasteiger partial charge < -0.3 is 21.3 Å². The van der Waals surface area contributed by atoms with E-state index in [0.717, 1.165) is 10.4 Å². The van der Waals surface area contributed by atoms with E-state index in [-0.39, 0.29) is 23.8 Å². The molecule has 8 heteroatoms. The summed E-state index contributed by atoms with van der Waals surface area (Å²) in [6, 6.07) is 8.84. The topological polar surface area (TPSA) is 105 Å². The molecule has 29 heavy (non-hydrogen) atoms. The molecule has 2 aromatic rings. The van der Waals surface area contributed by atoms with Crippen molar-refractivity contribution in [2.75, 3.05) is 18.4 Å². The lowest BCUT2D eigenvalue weighted by molar-refractivity contribution is -0.125. The molecule has 7 nitrogen and oxygen atoms in total. The Hall–Kier alpha value is -2.71. The number of amides is 3. The van der Waals surface area contributed by atoms with Gasteiger partial charge in [0.15, 0.2) is 0 Å². The van der Waals surface area contributed by atoms with Gasteiger partial charge in [-0.25, -0.2) is 0 Å². The van der Waals surface area contributed by atoms with Crippen molar-refractivity contribution in [2.45, 2.75) is 37.8 Å². The smallest absolute Gasteiger partial charge is 0.256 e. The maximum atomic E-state index is 13.2. The lowest BCUT2D eigenvalue weighted by atomic mass is 9.96. The molecule has 2 atom stereocenters. The molecule has 2 unspecified atom stereocenters. The minimum absolute atomic E-state index is 0.0573. The number of nitrogens with zero attached hydrogens (tertiary/aromatic N) is 1. The molecule has 0 aliphatic carbocycles. The van der Waals surface area contributed by atoms with Gasteiger partial charge in [0.2, 0.25) is 11.8 Å². The van der Waals surface area contributed by atoms with Crippen LogP contribution in [0.3, 0.4) is 0 Å². The van der Waals surface area contributed by atoms with Crippen molar-refractivity contribution in [3.05, 3.63) is 41.3 Å². The number of piperidine rings is 1. The van der Waals surface area contributed by atoms with Crippen LogP contribution in [0.25, 0.3) is 10.4 Å². The van der Waals surface area contributed by atoms with E-state index < -0.39 is 6.04 Å². The van der Waals surface area contributed by atoms with Gasteiger partial charge in [0, 0.05) is 23.9 Å². The molecule has 0 bridgehead atoms. The van der Waals surface area contributed by atoms with Gasteiger partial charge in [-0.15, -0.1) is 11.3 Å². The van der Waals surface area contributed by atoms with Crippen LogP contribution in [0.4, 0.5) is 5.69 Å². The summed E-state index contributed by atoms with van der Waals surface area (Å²) in [6.07, 6.45) is 2.06. The zero-order valence-corrected chi connectivity index (χ0v) is 16.8. The second-order valence-electron chi connectivity index (χ2n) is 7.42. The largest absolute Gasteiger partial charge is 0.353 e. The van der Waals surface area contributed by atoms with Crippen molar-refractivity contribution < 1.29 is 14.4 Å². The van der Waals surface area contributed by atoms with Crippen molar-refractivity contribution in [1.82, 2.24) is 10.2 Å². The molecule has 152 valence electrons. The first-order valence-corrected chi connectivity index (χ1v) is 10.7. The Morgan fingerprint density at radius 3 is 2.93 bits per heavy atom. The van der Waals surface area contributed by atoms with Crippen LogP contribution >= 0.6 is 11.3 Å². The van der Waals surface area contributed by atoms with Crippen LogP contribution in [0.2, 0.25) is 0 Å². The summed E-state index contributed by atoms with van der Waals surface area (Å²) in [5.74, 6) is -0.408.